The molecule has 1 aromatic carbocycles. The minimum atomic E-state index is -0.00365. The molecule has 1 saturated heterocycles. The Morgan fingerprint density at radius 3 is 2.67 bits per heavy atom. The molecule has 3 aromatic rings. The first kappa shape index (κ1) is 20.3. The molecule has 1 aliphatic rings. The van der Waals surface area contributed by atoms with Gasteiger partial charge in [-0.2, -0.15) is 4.98 Å². The molecule has 1 fully saturated rings. The fourth-order valence-corrected chi connectivity index (χ4v) is 3.54. The van der Waals surface area contributed by atoms with Gasteiger partial charge in [0, 0.05) is 49.3 Å². The van der Waals surface area contributed by atoms with Gasteiger partial charge in [0.05, 0.1) is 0 Å². The van der Waals surface area contributed by atoms with Crippen molar-refractivity contribution in [3.8, 4) is 11.4 Å². The molecule has 0 radical (unpaired) electrons. The number of amides is 1. The minimum absolute atomic E-state index is 0.00365. The van der Waals surface area contributed by atoms with Crippen LogP contribution in [0.25, 0.3) is 11.4 Å². The topological polar surface area (TPSA) is 84.1 Å². The number of benzene rings is 1. The van der Waals surface area contributed by atoms with Crippen LogP contribution >= 0.6 is 11.6 Å². The molecule has 1 N–H and O–H groups in total. The van der Waals surface area contributed by atoms with Crippen LogP contribution in [0.2, 0.25) is 5.02 Å². The normalized spacial score (nSPS) is 13.6. The third-order valence-electron chi connectivity index (χ3n) is 5.09. The van der Waals surface area contributed by atoms with E-state index in [4.69, 9.17) is 16.1 Å². The smallest absolute Gasteiger partial charge is 0.226 e. The molecule has 2 aromatic heterocycles. The van der Waals surface area contributed by atoms with Gasteiger partial charge >= 0.3 is 0 Å². The number of nitrogens with zero attached hydrogens (tertiary/aromatic N) is 4. The molecule has 156 valence electrons. The molecule has 0 aliphatic carbocycles. The SMILES string of the molecule is O=C(CCCc1nc(-c2ccc(Cl)cc2)no1)NCc1ccc(N2CCCC2)nc1. The lowest BCUT2D eigenvalue weighted by Gasteiger charge is -2.16. The largest absolute Gasteiger partial charge is 0.357 e. The zero-order valence-electron chi connectivity index (χ0n) is 16.7. The van der Waals surface area contributed by atoms with Gasteiger partial charge in [-0.3, -0.25) is 4.79 Å². The average molecular weight is 426 g/mol. The number of rotatable bonds is 8. The molecule has 8 heteroatoms. The van der Waals surface area contributed by atoms with Crippen LogP contribution in [0.4, 0.5) is 5.82 Å². The number of anilines is 1. The van der Waals surface area contributed by atoms with Gasteiger partial charge in [-0.1, -0.05) is 22.8 Å². The number of hydrogen-bond donors (Lipinski definition) is 1. The highest BCUT2D eigenvalue weighted by atomic mass is 35.5. The van der Waals surface area contributed by atoms with Crippen LogP contribution in [0.1, 0.15) is 37.1 Å². The molecule has 1 aliphatic heterocycles. The molecule has 1 amide bonds. The summed E-state index contributed by atoms with van der Waals surface area (Å²) in [4.78, 5) is 23.3. The van der Waals surface area contributed by atoms with Crippen molar-refractivity contribution in [1.29, 1.82) is 0 Å². The van der Waals surface area contributed by atoms with E-state index in [0.29, 0.717) is 42.5 Å². The number of halogens is 1. The molecule has 0 unspecified atom stereocenters. The van der Waals surface area contributed by atoms with Gasteiger partial charge in [-0.15, -0.1) is 0 Å². The van der Waals surface area contributed by atoms with Crippen LogP contribution in [-0.4, -0.2) is 34.1 Å². The third-order valence-corrected chi connectivity index (χ3v) is 5.35. The Balaban J connectivity index is 1.18. The second kappa shape index (κ2) is 9.71. The molecule has 0 spiro atoms. The summed E-state index contributed by atoms with van der Waals surface area (Å²) in [6.45, 7) is 2.63. The van der Waals surface area contributed by atoms with Crippen molar-refractivity contribution in [3.05, 3.63) is 59.1 Å². The maximum Gasteiger partial charge on any atom is 0.226 e. The van der Waals surface area contributed by atoms with Crippen LogP contribution in [0, 0.1) is 0 Å². The number of carbonyl (C=O) groups is 1. The molecule has 3 heterocycles. The zero-order valence-corrected chi connectivity index (χ0v) is 17.4. The van der Waals surface area contributed by atoms with Crippen LogP contribution in [0.5, 0.6) is 0 Å². The maximum atomic E-state index is 12.1. The number of pyridine rings is 1. The lowest BCUT2D eigenvalue weighted by atomic mass is 10.2. The first-order valence-corrected chi connectivity index (χ1v) is 10.6. The Hall–Kier alpha value is -2.93. The second-order valence-corrected chi connectivity index (χ2v) is 7.80. The van der Waals surface area contributed by atoms with Crippen molar-refractivity contribution in [2.24, 2.45) is 0 Å². The summed E-state index contributed by atoms with van der Waals surface area (Å²) in [5.74, 6) is 2.06. The lowest BCUT2D eigenvalue weighted by Crippen LogP contribution is -2.23. The number of aromatic nitrogens is 3. The standard InChI is InChI=1S/C22H24ClN5O2/c23-18-9-7-17(8-10-18)22-26-21(30-27-22)5-3-4-20(29)25-15-16-6-11-19(24-14-16)28-12-1-2-13-28/h6-11,14H,1-5,12-13,15H2,(H,25,29). The van der Waals surface area contributed by atoms with E-state index in [9.17, 15) is 4.79 Å². The molecular weight excluding hydrogens is 402 g/mol. The number of hydrogen-bond acceptors (Lipinski definition) is 6. The fourth-order valence-electron chi connectivity index (χ4n) is 3.42. The molecule has 30 heavy (non-hydrogen) atoms. The summed E-state index contributed by atoms with van der Waals surface area (Å²) in [5, 5.41) is 7.58. The highest BCUT2D eigenvalue weighted by Crippen LogP contribution is 2.19. The minimum Gasteiger partial charge on any atom is -0.357 e. The van der Waals surface area contributed by atoms with E-state index in [2.05, 4.69) is 25.3 Å². The van der Waals surface area contributed by atoms with Crippen molar-refractivity contribution in [3.63, 3.8) is 0 Å². The van der Waals surface area contributed by atoms with Gasteiger partial charge in [-0.25, -0.2) is 4.98 Å². The van der Waals surface area contributed by atoms with E-state index in [1.807, 2.05) is 30.5 Å². The van der Waals surface area contributed by atoms with Crippen LogP contribution in [-0.2, 0) is 17.8 Å². The average Bonchev–Trinajstić information content (AvgIpc) is 3.46. The van der Waals surface area contributed by atoms with Crippen molar-refractivity contribution in [2.45, 2.75) is 38.6 Å². The highest BCUT2D eigenvalue weighted by Gasteiger charge is 2.13. The van der Waals surface area contributed by atoms with Gasteiger partial charge in [-0.05, 0) is 55.2 Å². The monoisotopic (exact) mass is 425 g/mol. The molecular formula is C22H24ClN5O2. The zero-order chi connectivity index (χ0) is 20.8. The maximum absolute atomic E-state index is 12.1. The predicted octanol–water partition coefficient (Wildman–Crippen LogP) is 4.02. The summed E-state index contributed by atoms with van der Waals surface area (Å²) in [6, 6.07) is 11.3. The fraction of sp³-hybridized carbons (Fsp3) is 0.364. The Morgan fingerprint density at radius 2 is 1.93 bits per heavy atom. The Bertz CT molecular complexity index is 966. The summed E-state index contributed by atoms with van der Waals surface area (Å²) in [5.41, 5.74) is 1.84. The molecule has 0 saturated carbocycles. The van der Waals surface area contributed by atoms with E-state index in [-0.39, 0.29) is 5.91 Å². The lowest BCUT2D eigenvalue weighted by molar-refractivity contribution is -0.121. The first-order chi connectivity index (χ1) is 14.7. The molecule has 7 nitrogen and oxygen atoms in total. The van der Waals surface area contributed by atoms with E-state index >= 15 is 0 Å². The van der Waals surface area contributed by atoms with Gasteiger partial charge in [0.1, 0.15) is 5.82 Å². The van der Waals surface area contributed by atoms with Crippen molar-refractivity contribution < 1.29 is 9.32 Å². The number of aryl methyl sites for hydroxylation is 1. The second-order valence-electron chi connectivity index (χ2n) is 7.37. The van der Waals surface area contributed by atoms with E-state index in [1.54, 1.807) is 12.1 Å². The summed E-state index contributed by atoms with van der Waals surface area (Å²) in [7, 11) is 0. The molecule has 0 atom stereocenters. The van der Waals surface area contributed by atoms with Gasteiger partial charge in [0.25, 0.3) is 0 Å². The summed E-state index contributed by atoms with van der Waals surface area (Å²) >= 11 is 5.89. The van der Waals surface area contributed by atoms with Crippen LogP contribution < -0.4 is 10.2 Å². The molecule has 0 bridgehead atoms. The van der Waals surface area contributed by atoms with E-state index in [0.717, 1.165) is 30.0 Å². The molecule has 4 rings (SSSR count). The van der Waals surface area contributed by atoms with E-state index in [1.165, 1.54) is 12.8 Å². The van der Waals surface area contributed by atoms with Crippen LogP contribution in [0.15, 0.2) is 47.1 Å². The van der Waals surface area contributed by atoms with Crippen molar-refractivity contribution >= 4 is 23.3 Å². The quantitative estimate of drug-likeness (QED) is 0.586. The van der Waals surface area contributed by atoms with Gasteiger partial charge in [0.2, 0.25) is 17.6 Å². The summed E-state index contributed by atoms with van der Waals surface area (Å²) < 4.78 is 5.28. The van der Waals surface area contributed by atoms with Gasteiger partial charge < -0.3 is 14.7 Å². The Labute approximate surface area is 180 Å². The van der Waals surface area contributed by atoms with Gasteiger partial charge in [0.15, 0.2) is 0 Å². The van der Waals surface area contributed by atoms with Crippen LogP contribution in [0.3, 0.4) is 0 Å². The van der Waals surface area contributed by atoms with E-state index < -0.39 is 0 Å². The van der Waals surface area contributed by atoms with Crippen molar-refractivity contribution in [2.75, 3.05) is 18.0 Å². The summed E-state index contributed by atoms with van der Waals surface area (Å²) in [6.07, 6.45) is 5.89. The predicted molar refractivity (Wildman–Crippen MR) is 115 cm³/mol. The third kappa shape index (κ3) is 5.36. The Kier molecular flexibility index (Phi) is 6.59. The Morgan fingerprint density at radius 1 is 1.13 bits per heavy atom. The number of nitrogens with one attached hydrogen (secondary N) is 1. The number of carbonyl (C=O) groups excluding carboxylic acids is 1. The van der Waals surface area contributed by atoms with Crippen molar-refractivity contribution in [1.82, 2.24) is 20.4 Å². The highest BCUT2D eigenvalue weighted by molar-refractivity contribution is 6.30. The first-order valence-electron chi connectivity index (χ1n) is 10.2.